The summed E-state index contributed by atoms with van der Waals surface area (Å²) in [5.74, 6) is 1.21. The van der Waals surface area contributed by atoms with Gasteiger partial charge >= 0.3 is 0 Å². The number of carbonyl (C=O) groups is 1. The molecule has 1 N–H and O–H groups in total. The summed E-state index contributed by atoms with van der Waals surface area (Å²) < 4.78 is 11.1. The van der Waals surface area contributed by atoms with Crippen LogP contribution in [0.25, 0.3) is 11.3 Å². The van der Waals surface area contributed by atoms with E-state index in [2.05, 4.69) is 20.4 Å². The molecule has 1 aliphatic heterocycles. The molecule has 0 unspecified atom stereocenters. The second-order valence-corrected chi connectivity index (χ2v) is 6.57. The van der Waals surface area contributed by atoms with Crippen molar-refractivity contribution in [3.8, 4) is 22.9 Å². The van der Waals surface area contributed by atoms with Crippen molar-refractivity contribution in [1.82, 2.24) is 25.3 Å². The van der Waals surface area contributed by atoms with Gasteiger partial charge in [0.2, 0.25) is 5.88 Å². The van der Waals surface area contributed by atoms with E-state index in [1.165, 1.54) is 0 Å². The number of aromatic nitrogens is 4. The lowest BCUT2D eigenvalue weighted by Gasteiger charge is -2.31. The first-order valence-corrected chi connectivity index (χ1v) is 9.16. The van der Waals surface area contributed by atoms with Crippen LogP contribution in [0.15, 0.2) is 48.7 Å². The molecule has 0 bridgehead atoms. The van der Waals surface area contributed by atoms with Gasteiger partial charge in [-0.05, 0) is 24.3 Å². The Hall–Kier alpha value is -3.42. The Morgan fingerprint density at radius 2 is 2.04 bits per heavy atom. The summed E-state index contributed by atoms with van der Waals surface area (Å²) in [6, 6.07) is 12.9. The molecule has 2 aromatic heterocycles. The molecule has 1 amide bonds. The zero-order chi connectivity index (χ0) is 19.3. The summed E-state index contributed by atoms with van der Waals surface area (Å²) in [5.41, 5.74) is 2.08. The van der Waals surface area contributed by atoms with Gasteiger partial charge < -0.3 is 14.4 Å². The zero-order valence-corrected chi connectivity index (χ0v) is 15.5. The highest BCUT2D eigenvalue weighted by atomic mass is 16.5. The van der Waals surface area contributed by atoms with Crippen LogP contribution < -0.4 is 9.47 Å². The lowest BCUT2D eigenvalue weighted by atomic mass is 10.1. The minimum absolute atomic E-state index is 0.0369. The number of hydrogen-bond donors (Lipinski definition) is 1. The molecule has 0 aliphatic carbocycles. The molecule has 3 aromatic rings. The number of nitrogens with one attached hydrogen (secondary N) is 1. The third kappa shape index (κ3) is 3.95. The molecule has 4 rings (SSSR count). The highest BCUT2D eigenvalue weighted by Crippen LogP contribution is 2.24. The summed E-state index contributed by atoms with van der Waals surface area (Å²) in [4.78, 5) is 14.6. The fourth-order valence-corrected chi connectivity index (χ4v) is 3.23. The van der Waals surface area contributed by atoms with Crippen molar-refractivity contribution in [3.05, 3.63) is 54.4 Å². The predicted molar refractivity (Wildman–Crippen MR) is 102 cm³/mol. The first kappa shape index (κ1) is 18.0. The molecular weight excluding hydrogens is 358 g/mol. The quantitative estimate of drug-likeness (QED) is 0.732. The minimum atomic E-state index is -0.0559. The lowest BCUT2D eigenvalue weighted by molar-refractivity contribution is 0.0580. The van der Waals surface area contributed by atoms with Gasteiger partial charge in [-0.3, -0.25) is 9.89 Å². The Balaban J connectivity index is 1.37. The Morgan fingerprint density at radius 3 is 2.79 bits per heavy atom. The van der Waals surface area contributed by atoms with Crippen LogP contribution in [0.5, 0.6) is 11.6 Å². The van der Waals surface area contributed by atoms with E-state index < -0.39 is 0 Å². The maximum Gasteiger partial charge on any atom is 0.271 e. The van der Waals surface area contributed by atoms with Gasteiger partial charge in [-0.15, -0.1) is 5.10 Å². The molecule has 1 aromatic carbocycles. The fraction of sp³-hybridized carbons (Fsp3) is 0.300. The minimum Gasteiger partial charge on any atom is -0.497 e. The van der Waals surface area contributed by atoms with Crippen molar-refractivity contribution in [2.45, 2.75) is 18.9 Å². The molecule has 8 heteroatoms. The average Bonchev–Trinajstić information content (AvgIpc) is 3.25. The second-order valence-electron chi connectivity index (χ2n) is 6.57. The van der Waals surface area contributed by atoms with Gasteiger partial charge in [-0.2, -0.15) is 10.2 Å². The number of aromatic amines is 1. The Labute approximate surface area is 162 Å². The number of H-pyrrole nitrogens is 1. The lowest BCUT2D eigenvalue weighted by Crippen LogP contribution is -2.42. The normalized spacial score (nSPS) is 14.7. The highest BCUT2D eigenvalue weighted by molar-refractivity contribution is 5.93. The zero-order valence-electron chi connectivity index (χ0n) is 15.5. The van der Waals surface area contributed by atoms with Crippen LogP contribution in [-0.4, -0.2) is 57.5 Å². The SMILES string of the molecule is COc1cccc(-c2cc(C(=O)N3CCC(Oc4cccnn4)CC3)[nH]n2)c1. The first-order valence-electron chi connectivity index (χ1n) is 9.16. The van der Waals surface area contributed by atoms with Crippen molar-refractivity contribution in [1.29, 1.82) is 0 Å². The molecular formula is C20H21N5O3. The van der Waals surface area contributed by atoms with Gasteiger partial charge in [0.1, 0.15) is 17.5 Å². The third-order valence-corrected chi connectivity index (χ3v) is 4.74. The summed E-state index contributed by atoms with van der Waals surface area (Å²) in [5, 5.41) is 14.9. The summed E-state index contributed by atoms with van der Waals surface area (Å²) in [6.07, 6.45) is 3.14. The summed E-state index contributed by atoms with van der Waals surface area (Å²) in [6.45, 7) is 1.24. The smallest absolute Gasteiger partial charge is 0.271 e. The number of amides is 1. The Bertz CT molecular complexity index is 936. The van der Waals surface area contributed by atoms with Gasteiger partial charge in [0.15, 0.2) is 0 Å². The van der Waals surface area contributed by atoms with Gasteiger partial charge in [0.05, 0.1) is 12.8 Å². The maximum absolute atomic E-state index is 12.8. The summed E-state index contributed by atoms with van der Waals surface area (Å²) >= 11 is 0. The number of nitrogens with zero attached hydrogens (tertiary/aromatic N) is 4. The second kappa shape index (κ2) is 8.08. The third-order valence-electron chi connectivity index (χ3n) is 4.74. The van der Waals surface area contributed by atoms with Gasteiger partial charge in [-0.25, -0.2) is 0 Å². The van der Waals surface area contributed by atoms with Crippen LogP contribution in [0.4, 0.5) is 0 Å². The predicted octanol–water partition coefficient (Wildman–Crippen LogP) is 2.56. The number of piperidine rings is 1. The summed E-state index contributed by atoms with van der Waals surface area (Å²) in [7, 11) is 1.62. The van der Waals surface area contributed by atoms with Crippen LogP contribution in [0, 0.1) is 0 Å². The van der Waals surface area contributed by atoms with Crippen LogP contribution >= 0.6 is 0 Å². The topological polar surface area (TPSA) is 93.2 Å². The molecule has 1 fully saturated rings. The van der Waals surface area contributed by atoms with Crippen LogP contribution in [0.1, 0.15) is 23.3 Å². The molecule has 0 radical (unpaired) electrons. The van der Waals surface area contributed by atoms with Crippen molar-refractivity contribution in [2.24, 2.45) is 0 Å². The number of ether oxygens (including phenoxy) is 2. The number of rotatable bonds is 5. The van der Waals surface area contributed by atoms with E-state index in [0.29, 0.717) is 30.4 Å². The van der Waals surface area contributed by atoms with E-state index in [1.54, 1.807) is 31.5 Å². The van der Waals surface area contributed by atoms with E-state index in [4.69, 9.17) is 9.47 Å². The van der Waals surface area contributed by atoms with E-state index in [-0.39, 0.29) is 12.0 Å². The molecule has 28 heavy (non-hydrogen) atoms. The molecule has 144 valence electrons. The van der Waals surface area contributed by atoms with E-state index >= 15 is 0 Å². The number of benzene rings is 1. The molecule has 8 nitrogen and oxygen atoms in total. The Kier molecular flexibility index (Phi) is 5.18. The molecule has 1 saturated heterocycles. The van der Waals surface area contributed by atoms with Crippen molar-refractivity contribution in [3.63, 3.8) is 0 Å². The molecule has 1 aliphatic rings. The van der Waals surface area contributed by atoms with Crippen molar-refractivity contribution < 1.29 is 14.3 Å². The first-order chi connectivity index (χ1) is 13.7. The number of likely N-dealkylation sites (tertiary alicyclic amines) is 1. The largest absolute Gasteiger partial charge is 0.497 e. The van der Waals surface area contributed by atoms with Crippen LogP contribution in [0.3, 0.4) is 0 Å². The van der Waals surface area contributed by atoms with Gasteiger partial charge in [0, 0.05) is 43.8 Å². The monoisotopic (exact) mass is 379 g/mol. The maximum atomic E-state index is 12.8. The Morgan fingerprint density at radius 1 is 1.18 bits per heavy atom. The number of hydrogen-bond acceptors (Lipinski definition) is 6. The van der Waals surface area contributed by atoms with Gasteiger partial charge in [-0.1, -0.05) is 12.1 Å². The number of carbonyl (C=O) groups excluding carboxylic acids is 1. The fourth-order valence-electron chi connectivity index (χ4n) is 3.23. The van der Waals surface area contributed by atoms with E-state index in [0.717, 1.165) is 24.2 Å². The molecule has 0 atom stereocenters. The highest BCUT2D eigenvalue weighted by Gasteiger charge is 2.26. The average molecular weight is 379 g/mol. The molecule has 0 spiro atoms. The van der Waals surface area contributed by atoms with Crippen molar-refractivity contribution in [2.75, 3.05) is 20.2 Å². The van der Waals surface area contributed by atoms with Gasteiger partial charge in [0.25, 0.3) is 5.91 Å². The van der Waals surface area contributed by atoms with Crippen LogP contribution in [0.2, 0.25) is 0 Å². The molecule has 0 saturated carbocycles. The molecule has 3 heterocycles. The van der Waals surface area contributed by atoms with Crippen LogP contribution in [-0.2, 0) is 0 Å². The standard InChI is InChI=1S/C20H21N5O3/c1-27-16-5-2-4-14(12-16)17-13-18(23-22-17)20(26)25-10-7-15(8-11-25)28-19-6-3-9-21-24-19/h2-6,9,12-13,15H,7-8,10-11H2,1H3,(H,22,23). The van der Waals surface area contributed by atoms with E-state index in [9.17, 15) is 4.79 Å². The number of methoxy groups -OCH3 is 1. The van der Waals surface area contributed by atoms with Crippen molar-refractivity contribution >= 4 is 5.91 Å². The van der Waals surface area contributed by atoms with E-state index in [1.807, 2.05) is 29.2 Å².